The van der Waals surface area contributed by atoms with Crippen molar-refractivity contribution in [2.24, 2.45) is 0 Å². The van der Waals surface area contributed by atoms with Crippen molar-refractivity contribution in [2.45, 2.75) is 252 Å². The lowest BCUT2D eigenvalue weighted by Gasteiger charge is -2.34. The van der Waals surface area contributed by atoms with Crippen LogP contribution in [0.15, 0.2) is 29.7 Å². The van der Waals surface area contributed by atoms with E-state index in [4.69, 9.17) is 4.74 Å². The molecule has 0 saturated heterocycles. The molecule has 0 radical (unpaired) electrons. The average Bonchev–Trinajstić information content (AvgIpc) is 1.58. The quantitative estimate of drug-likeness (QED) is 0.113. The Morgan fingerprint density at radius 1 is 0.563 bits per heavy atom. The standard InChI is InChI=1S/C16H24F3N3O.C13H17F3N2.C12H15F3N2.C10H13F3N2.C8H10BrF3N2/c1-10(2)22-13-7-8-21(11(3)23-15(4,5)6)9-12(13)14(20-22)16(17,18)19;1-8(2)18-9-4-3-5-12(6-7-12)10(9)11(17-18)13(14,15)16;1-7(2)17-10-8(3)5-4-6-9(10)11(16-17)12(13,14)15;1-6(2)15-5-8(7-3-4-7)9(14-15)10(11,12)13;1-4(2)14-5(3)6(9)7(13-14)8(10,11)12/h10H,3,7-9H2,1-2,4-6H3;8H,3-7H2,1-2H3;7H,3-6H2,1-2H3;5-7H,3-4H2,1-2H3;4H,1-3H3. The van der Waals surface area contributed by atoms with Crippen LogP contribution in [0.4, 0.5) is 65.9 Å². The van der Waals surface area contributed by atoms with E-state index in [9.17, 15) is 65.9 Å². The number of fused-ring (bicyclic) bond motifs is 4. The van der Waals surface area contributed by atoms with Crippen LogP contribution in [0.25, 0.3) is 5.57 Å². The van der Waals surface area contributed by atoms with Gasteiger partial charge in [0.25, 0.3) is 0 Å². The minimum atomic E-state index is -4.46. The van der Waals surface area contributed by atoms with Crippen LogP contribution in [0.3, 0.4) is 0 Å². The molecule has 0 amide bonds. The predicted octanol–water partition coefficient (Wildman–Crippen LogP) is 18.7. The van der Waals surface area contributed by atoms with Crippen LogP contribution in [0.2, 0.25) is 0 Å². The van der Waals surface area contributed by atoms with Crippen LogP contribution in [0.5, 0.6) is 0 Å². The molecule has 12 nitrogen and oxygen atoms in total. The van der Waals surface area contributed by atoms with Gasteiger partial charge in [-0.1, -0.05) is 6.58 Å². The topological polar surface area (TPSA) is 102 Å². The molecule has 1 aliphatic heterocycles. The van der Waals surface area contributed by atoms with Crippen molar-refractivity contribution in [3.8, 4) is 0 Å². The Bertz CT molecular complexity index is 3220. The molecule has 10 rings (SSSR count). The van der Waals surface area contributed by atoms with Gasteiger partial charge in [0.1, 0.15) is 5.60 Å². The zero-order valence-corrected chi connectivity index (χ0v) is 53.1. The van der Waals surface area contributed by atoms with E-state index in [1.165, 1.54) is 18.7 Å². The minimum Gasteiger partial charge on any atom is -0.474 e. The first-order chi connectivity index (χ1) is 39.7. The van der Waals surface area contributed by atoms with Crippen molar-refractivity contribution in [3.05, 3.63) is 103 Å². The summed E-state index contributed by atoms with van der Waals surface area (Å²) in [4.78, 5) is 1.75. The molecular weight excluding hydrogens is 1240 g/mol. The number of rotatable bonds is 8. The largest absolute Gasteiger partial charge is 0.474 e. The lowest BCUT2D eigenvalue weighted by atomic mass is 9.82. The highest BCUT2D eigenvalue weighted by molar-refractivity contribution is 9.10. The summed E-state index contributed by atoms with van der Waals surface area (Å²) in [5.74, 6) is 0.475. The summed E-state index contributed by atoms with van der Waals surface area (Å²) < 4.78 is 206. The highest BCUT2D eigenvalue weighted by Crippen LogP contribution is 2.58. The van der Waals surface area contributed by atoms with Crippen molar-refractivity contribution < 1.29 is 70.6 Å². The zero-order chi connectivity index (χ0) is 65.8. The predicted molar refractivity (Wildman–Crippen MR) is 302 cm³/mol. The summed E-state index contributed by atoms with van der Waals surface area (Å²) in [5, 5.41) is 18.6. The van der Waals surface area contributed by atoms with Crippen LogP contribution in [-0.4, -0.2) is 65.9 Å². The van der Waals surface area contributed by atoms with E-state index in [2.05, 4.69) is 54.6 Å². The monoisotopic (exact) mass is 1320 g/mol. The Kier molecular flexibility index (Phi) is 21.0. The molecule has 4 aliphatic carbocycles. The lowest BCUT2D eigenvalue weighted by Crippen LogP contribution is -2.34. The molecule has 5 aromatic heterocycles. The Hall–Kier alpha value is -5.44. The van der Waals surface area contributed by atoms with Gasteiger partial charge < -0.3 is 9.64 Å². The van der Waals surface area contributed by atoms with Gasteiger partial charge in [-0.2, -0.15) is 91.3 Å². The highest BCUT2D eigenvalue weighted by atomic mass is 79.9. The Morgan fingerprint density at radius 2 is 1.03 bits per heavy atom. The van der Waals surface area contributed by atoms with Gasteiger partial charge in [0.15, 0.2) is 34.4 Å². The number of allylic oxidation sites excluding steroid dienone is 1. The fourth-order valence-electron chi connectivity index (χ4n) is 11.0. The second kappa shape index (κ2) is 25.8. The summed E-state index contributed by atoms with van der Waals surface area (Å²) in [7, 11) is 0. The lowest BCUT2D eigenvalue weighted by molar-refractivity contribution is -0.143. The molecule has 87 heavy (non-hydrogen) atoms. The number of ether oxygens (including phenoxy) is 1. The summed E-state index contributed by atoms with van der Waals surface area (Å²) in [6.45, 7) is 34.0. The van der Waals surface area contributed by atoms with Crippen LogP contribution in [0.1, 0.15) is 251 Å². The SMILES string of the molecule is C=C(OC(C)(C)C)N1CCc2c(c(C(F)(F)F)nn2C(C)C)C1.C=C1CCCc2c(C(F)(F)F)nn(C(C)C)c21.CC(C)n1cc(C2CC2)c(C(F)(F)F)n1.CC(C)n1nc(C(F)(F)F)c2c1CCCC21CC1.Cc1c(Br)c(C(F)(F)F)nn1C(C)C. The third-order valence-electron chi connectivity index (χ3n) is 15.3. The average molecular weight is 1320 g/mol. The Labute approximate surface area is 506 Å². The second-order valence-electron chi connectivity index (χ2n) is 25.2. The van der Waals surface area contributed by atoms with E-state index in [0.29, 0.717) is 59.0 Å². The molecule has 0 unspecified atom stereocenters. The summed E-state index contributed by atoms with van der Waals surface area (Å²) in [5.41, 5.74) is 0.465. The van der Waals surface area contributed by atoms with Crippen molar-refractivity contribution >= 4 is 21.5 Å². The molecule has 0 aromatic carbocycles. The Balaban J connectivity index is 0.000000176. The fourth-order valence-corrected chi connectivity index (χ4v) is 11.5. The van der Waals surface area contributed by atoms with E-state index < -0.39 is 65.0 Å². The van der Waals surface area contributed by atoms with Gasteiger partial charge >= 0.3 is 30.9 Å². The van der Waals surface area contributed by atoms with Crippen LogP contribution in [-0.2, 0) is 66.8 Å². The van der Waals surface area contributed by atoms with Gasteiger partial charge in [0, 0.05) is 89.6 Å². The summed E-state index contributed by atoms with van der Waals surface area (Å²) in [6.07, 6.45) is -11.8. The fraction of sp³-hybridized carbons (Fsp3) is 0.678. The molecule has 0 N–H and O–H groups in total. The Morgan fingerprint density at radius 3 is 1.47 bits per heavy atom. The van der Waals surface area contributed by atoms with Gasteiger partial charge in [-0.05, 0) is 201 Å². The number of hydrogen-bond donors (Lipinski definition) is 0. The van der Waals surface area contributed by atoms with Crippen LogP contribution >= 0.6 is 15.9 Å². The van der Waals surface area contributed by atoms with Crippen molar-refractivity contribution in [1.29, 1.82) is 0 Å². The van der Waals surface area contributed by atoms with E-state index in [0.717, 1.165) is 69.1 Å². The van der Waals surface area contributed by atoms with Crippen LogP contribution < -0.4 is 0 Å². The maximum Gasteiger partial charge on any atom is 0.436 e. The third kappa shape index (κ3) is 16.5. The van der Waals surface area contributed by atoms with Crippen molar-refractivity contribution in [2.75, 3.05) is 6.54 Å². The highest BCUT2D eigenvalue weighted by Gasteiger charge is 2.55. The van der Waals surface area contributed by atoms with Gasteiger partial charge in [0.05, 0.1) is 15.9 Å². The van der Waals surface area contributed by atoms with E-state index >= 15 is 0 Å². The van der Waals surface area contributed by atoms with E-state index in [1.54, 1.807) is 36.5 Å². The summed E-state index contributed by atoms with van der Waals surface area (Å²) >= 11 is 2.90. The van der Waals surface area contributed by atoms with E-state index in [-0.39, 0.29) is 58.1 Å². The molecule has 28 heteroatoms. The molecular formula is C59H79BrF15N11O. The number of nitrogens with zero attached hydrogens (tertiary/aromatic N) is 11. The molecule has 0 bridgehead atoms. The maximum atomic E-state index is 13.3. The first-order valence-corrected chi connectivity index (χ1v) is 29.8. The molecule has 1 spiro atoms. The number of aromatic nitrogens is 10. The third-order valence-corrected chi connectivity index (χ3v) is 16.2. The second-order valence-corrected chi connectivity index (χ2v) is 26.0. The van der Waals surface area contributed by atoms with Gasteiger partial charge in [0.2, 0.25) is 0 Å². The van der Waals surface area contributed by atoms with Crippen molar-refractivity contribution in [1.82, 2.24) is 53.8 Å². The molecule has 5 aliphatic rings. The molecule has 2 saturated carbocycles. The maximum absolute atomic E-state index is 13.3. The van der Waals surface area contributed by atoms with E-state index in [1.807, 2.05) is 76.2 Å². The first-order valence-electron chi connectivity index (χ1n) is 29.1. The van der Waals surface area contributed by atoms with Crippen LogP contribution in [0, 0.1) is 6.92 Å². The smallest absolute Gasteiger partial charge is 0.436 e. The van der Waals surface area contributed by atoms with Crippen molar-refractivity contribution in [3.63, 3.8) is 0 Å². The normalized spacial score (nSPS) is 16.9. The zero-order valence-electron chi connectivity index (χ0n) is 51.5. The number of halogens is 16. The number of alkyl halides is 15. The first kappa shape index (κ1) is 70.6. The van der Waals surface area contributed by atoms with Gasteiger partial charge in [-0.3, -0.25) is 23.4 Å². The van der Waals surface area contributed by atoms with Gasteiger partial charge in [-0.25, -0.2) is 0 Å². The molecule has 6 heterocycles. The minimum absolute atomic E-state index is 0.0104. The summed E-state index contributed by atoms with van der Waals surface area (Å²) in [6, 6.07) is -0.320. The number of hydrogen-bond acceptors (Lipinski definition) is 7. The molecule has 488 valence electrons. The van der Waals surface area contributed by atoms with Gasteiger partial charge in [-0.15, -0.1) is 0 Å². The molecule has 5 aromatic rings. The molecule has 2 fully saturated rings. The molecule has 0 atom stereocenters.